The summed E-state index contributed by atoms with van der Waals surface area (Å²) in [6.45, 7) is 2.71. The Kier molecular flexibility index (Phi) is 5.34. The van der Waals surface area contributed by atoms with E-state index >= 15 is 0 Å². The molecule has 1 aromatic carbocycles. The van der Waals surface area contributed by atoms with Gasteiger partial charge in [-0.15, -0.1) is 0 Å². The van der Waals surface area contributed by atoms with Crippen molar-refractivity contribution in [3.8, 4) is 11.1 Å². The lowest BCUT2D eigenvalue weighted by Gasteiger charge is -2.35. The first-order chi connectivity index (χ1) is 13.6. The van der Waals surface area contributed by atoms with Crippen molar-refractivity contribution in [2.24, 2.45) is 0 Å². The minimum absolute atomic E-state index is 0.0395. The normalized spacial score (nSPS) is 19.7. The molecule has 2 fully saturated rings. The lowest BCUT2D eigenvalue weighted by Crippen LogP contribution is -2.52. The van der Waals surface area contributed by atoms with Crippen molar-refractivity contribution in [1.29, 1.82) is 0 Å². The van der Waals surface area contributed by atoms with Crippen LogP contribution in [0.5, 0.6) is 0 Å². The van der Waals surface area contributed by atoms with Gasteiger partial charge in [0.25, 0.3) is 11.8 Å². The molecular weight excluding hydrogens is 361 g/mol. The fourth-order valence-electron chi connectivity index (χ4n) is 3.66. The third kappa shape index (κ3) is 3.89. The summed E-state index contributed by atoms with van der Waals surface area (Å²) >= 11 is 0. The first kappa shape index (κ1) is 18.6. The molecule has 3 heterocycles. The summed E-state index contributed by atoms with van der Waals surface area (Å²) in [5.41, 5.74) is 2.04. The number of aromatic nitrogens is 1. The fourth-order valence-corrected chi connectivity index (χ4v) is 3.66. The lowest BCUT2D eigenvalue weighted by molar-refractivity contribution is -0.142. The third-order valence-electron chi connectivity index (χ3n) is 5.25. The first-order valence-electron chi connectivity index (χ1n) is 9.52. The molecule has 0 bridgehead atoms. The first-order valence-corrected chi connectivity index (χ1v) is 9.52. The highest BCUT2D eigenvalue weighted by Gasteiger charge is 2.31. The highest BCUT2D eigenvalue weighted by Crippen LogP contribution is 2.21. The van der Waals surface area contributed by atoms with Gasteiger partial charge in [0, 0.05) is 50.1 Å². The average molecular weight is 383 g/mol. The summed E-state index contributed by atoms with van der Waals surface area (Å²) in [6, 6.07) is 8.48. The lowest BCUT2D eigenvalue weighted by atomic mass is 10.0. The number of rotatable bonds is 3. The number of pyridine rings is 1. The Morgan fingerprint density at radius 2 is 1.71 bits per heavy atom. The Morgan fingerprint density at radius 1 is 1.00 bits per heavy atom. The van der Waals surface area contributed by atoms with Gasteiger partial charge in [-0.2, -0.15) is 0 Å². The van der Waals surface area contributed by atoms with E-state index in [1.165, 1.54) is 6.07 Å². The van der Waals surface area contributed by atoms with Crippen LogP contribution in [0.1, 0.15) is 23.2 Å². The van der Waals surface area contributed by atoms with Gasteiger partial charge < -0.3 is 14.5 Å². The van der Waals surface area contributed by atoms with Crippen LogP contribution >= 0.6 is 0 Å². The van der Waals surface area contributed by atoms with Crippen molar-refractivity contribution >= 4 is 11.8 Å². The average Bonchev–Trinajstić information content (AvgIpc) is 3.28. The van der Waals surface area contributed by atoms with Crippen LogP contribution < -0.4 is 0 Å². The molecule has 2 aliphatic rings. The SMILES string of the molecule is O=C(c1ccc(-c2cncc(F)c2)cc1)N1CCN(C(=O)[C@@H]2CCCO2)CC1. The summed E-state index contributed by atoms with van der Waals surface area (Å²) in [5.74, 6) is -0.418. The van der Waals surface area contributed by atoms with Gasteiger partial charge in [-0.3, -0.25) is 14.6 Å². The molecule has 1 atom stereocenters. The number of amides is 2. The Labute approximate surface area is 162 Å². The number of carbonyl (C=O) groups is 2. The van der Waals surface area contributed by atoms with Crippen molar-refractivity contribution in [3.05, 3.63) is 54.1 Å². The van der Waals surface area contributed by atoms with Crippen LogP contribution in [0, 0.1) is 5.82 Å². The number of ether oxygens (including phenoxy) is 1. The van der Waals surface area contributed by atoms with E-state index < -0.39 is 5.82 Å². The molecular formula is C21H22FN3O3. The van der Waals surface area contributed by atoms with Crippen LogP contribution in [0.3, 0.4) is 0 Å². The van der Waals surface area contributed by atoms with Gasteiger partial charge in [0.2, 0.25) is 0 Å². The van der Waals surface area contributed by atoms with Crippen LogP contribution in [0.4, 0.5) is 4.39 Å². The van der Waals surface area contributed by atoms with Gasteiger partial charge >= 0.3 is 0 Å². The van der Waals surface area contributed by atoms with E-state index in [-0.39, 0.29) is 17.9 Å². The van der Waals surface area contributed by atoms with Crippen LogP contribution in [-0.4, -0.2) is 65.5 Å². The van der Waals surface area contributed by atoms with E-state index in [1.807, 2.05) is 0 Å². The third-order valence-corrected chi connectivity index (χ3v) is 5.25. The maximum atomic E-state index is 13.3. The molecule has 2 saturated heterocycles. The van der Waals surface area contributed by atoms with Gasteiger partial charge in [0.1, 0.15) is 11.9 Å². The monoisotopic (exact) mass is 383 g/mol. The number of nitrogens with zero attached hydrogens (tertiary/aromatic N) is 3. The fraction of sp³-hybridized carbons (Fsp3) is 0.381. The Balaban J connectivity index is 1.36. The van der Waals surface area contributed by atoms with Crippen LogP contribution in [0.15, 0.2) is 42.7 Å². The van der Waals surface area contributed by atoms with E-state index in [4.69, 9.17) is 4.74 Å². The summed E-state index contributed by atoms with van der Waals surface area (Å²) in [4.78, 5) is 32.6. The van der Waals surface area contributed by atoms with Gasteiger partial charge in [0.15, 0.2) is 0 Å². The maximum Gasteiger partial charge on any atom is 0.253 e. The Bertz CT molecular complexity index is 857. The van der Waals surface area contributed by atoms with E-state index in [2.05, 4.69) is 4.98 Å². The molecule has 1 aromatic heterocycles. The second-order valence-electron chi connectivity index (χ2n) is 7.09. The highest BCUT2D eigenvalue weighted by atomic mass is 19.1. The molecule has 2 aromatic rings. The van der Waals surface area contributed by atoms with Gasteiger partial charge in [-0.1, -0.05) is 12.1 Å². The summed E-state index contributed by atoms with van der Waals surface area (Å²) in [5, 5.41) is 0. The van der Waals surface area contributed by atoms with E-state index in [1.54, 1.807) is 40.3 Å². The van der Waals surface area contributed by atoms with Crippen LogP contribution in [0.2, 0.25) is 0 Å². The number of benzene rings is 1. The minimum Gasteiger partial charge on any atom is -0.368 e. The smallest absolute Gasteiger partial charge is 0.253 e. The largest absolute Gasteiger partial charge is 0.368 e. The van der Waals surface area contributed by atoms with Crippen molar-refractivity contribution in [1.82, 2.24) is 14.8 Å². The molecule has 0 N–H and O–H groups in total. The zero-order chi connectivity index (χ0) is 19.5. The van der Waals surface area contributed by atoms with Gasteiger partial charge in [-0.05, 0) is 36.6 Å². The summed E-state index contributed by atoms with van der Waals surface area (Å²) < 4.78 is 18.8. The highest BCUT2D eigenvalue weighted by molar-refractivity contribution is 5.95. The number of hydrogen-bond acceptors (Lipinski definition) is 4. The predicted molar refractivity (Wildman–Crippen MR) is 101 cm³/mol. The summed E-state index contributed by atoms with van der Waals surface area (Å²) in [7, 11) is 0. The standard InChI is InChI=1S/C21H22FN3O3/c22-18-12-17(13-23-14-18)15-3-5-16(6-4-15)20(26)24-7-9-25(10-8-24)21(27)19-2-1-11-28-19/h3-6,12-14,19H,1-2,7-11H2/t19-/m0/s1. The zero-order valence-electron chi connectivity index (χ0n) is 15.5. The molecule has 0 aliphatic carbocycles. The molecule has 0 unspecified atom stereocenters. The van der Waals surface area contributed by atoms with Crippen molar-refractivity contribution < 1.29 is 18.7 Å². The van der Waals surface area contributed by atoms with Crippen molar-refractivity contribution in [3.63, 3.8) is 0 Å². The van der Waals surface area contributed by atoms with Gasteiger partial charge in [0.05, 0.1) is 6.20 Å². The molecule has 2 aliphatic heterocycles. The van der Waals surface area contributed by atoms with E-state index in [9.17, 15) is 14.0 Å². The second-order valence-corrected chi connectivity index (χ2v) is 7.09. The molecule has 7 heteroatoms. The predicted octanol–water partition coefficient (Wildman–Crippen LogP) is 2.35. The van der Waals surface area contributed by atoms with Crippen molar-refractivity contribution in [2.75, 3.05) is 32.8 Å². The molecule has 2 amide bonds. The molecule has 6 nitrogen and oxygen atoms in total. The Morgan fingerprint density at radius 3 is 2.36 bits per heavy atom. The Hall–Kier alpha value is -2.80. The quantitative estimate of drug-likeness (QED) is 0.816. The van der Waals surface area contributed by atoms with E-state index in [0.717, 1.165) is 24.6 Å². The van der Waals surface area contributed by atoms with Crippen molar-refractivity contribution in [2.45, 2.75) is 18.9 Å². The summed E-state index contributed by atoms with van der Waals surface area (Å²) in [6.07, 6.45) is 4.14. The molecule has 0 radical (unpaired) electrons. The number of carbonyl (C=O) groups excluding carboxylic acids is 2. The second kappa shape index (κ2) is 8.06. The number of halogens is 1. The molecule has 4 rings (SSSR count). The topological polar surface area (TPSA) is 62.7 Å². The zero-order valence-corrected chi connectivity index (χ0v) is 15.5. The van der Waals surface area contributed by atoms with Crippen LogP contribution in [-0.2, 0) is 9.53 Å². The molecule has 0 spiro atoms. The molecule has 28 heavy (non-hydrogen) atoms. The minimum atomic E-state index is -0.395. The molecule has 146 valence electrons. The van der Waals surface area contributed by atoms with E-state index in [0.29, 0.717) is 43.9 Å². The maximum absolute atomic E-state index is 13.3. The molecule has 0 saturated carbocycles. The van der Waals surface area contributed by atoms with Gasteiger partial charge in [-0.25, -0.2) is 4.39 Å². The van der Waals surface area contributed by atoms with Crippen LogP contribution in [0.25, 0.3) is 11.1 Å². The number of hydrogen-bond donors (Lipinski definition) is 0. The number of piperazine rings is 1.